The number of carbonyl (C=O) groups is 2. The number of nitrogens with zero attached hydrogens (tertiary/aromatic N) is 3. The van der Waals surface area contributed by atoms with Gasteiger partial charge in [0.2, 0.25) is 0 Å². The first-order valence-corrected chi connectivity index (χ1v) is 10.2. The molecule has 1 aliphatic rings. The van der Waals surface area contributed by atoms with E-state index in [0.29, 0.717) is 47.2 Å². The number of rotatable bonds is 4. The Hall–Kier alpha value is -2.83. The SMILES string of the molecule is O=C(c1cnn(-c2ccc(Cl)cc2Cl)c1)N1CCC(C(=O)O)(c2ccccc2)CC1. The van der Waals surface area contributed by atoms with Crippen LogP contribution in [-0.2, 0) is 10.2 Å². The van der Waals surface area contributed by atoms with Gasteiger partial charge in [0.15, 0.2) is 0 Å². The monoisotopic (exact) mass is 443 g/mol. The third-order valence-corrected chi connectivity index (χ3v) is 6.16. The molecule has 1 amide bonds. The Morgan fingerprint density at radius 3 is 2.37 bits per heavy atom. The molecule has 0 bridgehead atoms. The van der Waals surface area contributed by atoms with Gasteiger partial charge in [0.25, 0.3) is 5.91 Å². The second kappa shape index (κ2) is 8.13. The van der Waals surface area contributed by atoms with E-state index in [1.54, 1.807) is 29.3 Å². The Morgan fingerprint density at radius 1 is 1.03 bits per heavy atom. The van der Waals surface area contributed by atoms with Crippen molar-refractivity contribution < 1.29 is 14.7 Å². The van der Waals surface area contributed by atoms with Crippen LogP contribution in [0.15, 0.2) is 60.9 Å². The topological polar surface area (TPSA) is 75.4 Å². The average Bonchev–Trinajstić information content (AvgIpc) is 3.23. The summed E-state index contributed by atoms with van der Waals surface area (Å²) in [7, 11) is 0. The average molecular weight is 444 g/mol. The molecule has 2 heterocycles. The number of hydrogen-bond donors (Lipinski definition) is 1. The molecule has 2 aromatic carbocycles. The van der Waals surface area contributed by atoms with Gasteiger partial charge in [-0.25, -0.2) is 4.68 Å². The van der Waals surface area contributed by atoms with E-state index in [2.05, 4.69) is 5.10 Å². The predicted molar refractivity (Wildman–Crippen MR) is 114 cm³/mol. The van der Waals surface area contributed by atoms with Gasteiger partial charge >= 0.3 is 5.97 Å². The van der Waals surface area contributed by atoms with Crippen LogP contribution in [0, 0.1) is 0 Å². The number of carboxylic acid groups (broad SMARTS) is 1. The number of likely N-dealkylation sites (tertiary alicyclic amines) is 1. The molecule has 0 saturated carbocycles. The molecule has 6 nitrogen and oxygen atoms in total. The Morgan fingerprint density at radius 2 is 1.73 bits per heavy atom. The molecule has 154 valence electrons. The predicted octanol–water partition coefficient (Wildman–Crippen LogP) is 4.44. The van der Waals surface area contributed by atoms with E-state index >= 15 is 0 Å². The highest BCUT2D eigenvalue weighted by Crippen LogP contribution is 2.36. The maximum atomic E-state index is 13.0. The number of carbonyl (C=O) groups excluding carboxylic acids is 1. The summed E-state index contributed by atoms with van der Waals surface area (Å²) in [6, 6.07) is 14.3. The zero-order valence-corrected chi connectivity index (χ0v) is 17.5. The van der Waals surface area contributed by atoms with Crippen LogP contribution in [0.2, 0.25) is 10.0 Å². The number of piperidine rings is 1. The van der Waals surface area contributed by atoms with Crippen molar-refractivity contribution in [3.63, 3.8) is 0 Å². The first-order valence-electron chi connectivity index (χ1n) is 9.49. The molecular formula is C22H19Cl2N3O3. The Kier molecular flexibility index (Phi) is 5.54. The molecule has 1 fully saturated rings. The van der Waals surface area contributed by atoms with E-state index in [0.717, 1.165) is 5.56 Å². The number of benzene rings is 2. The highest BCUT2D eigenvalue weighted by Gasteiger charge is 2.44. The van der Waals surface area contributed by atoms with Gasteiger partial charge in [-0.3, -0.25) is 9.59 Å². The van der Waals surface area contributed by atoms with E-state index in [4.69, 9.17) is 23.2 Å². The number of carboxylic acids is 1. The maximum Gasteiger partial charge on any atom is 0.314 e. The number of halogens is 2. The van der Waals surface area contributed by atoms with Crippen molar-refractivity contribution in [2.45, 2.75) is 18.3 Å². The number of amides is 1. The van der Waals surface area contributed by atoms with Crippen LogP contribution < -0.4 is 0 Å². The van der Waals surface area contributed by atoms with Gasteiger partial charge in [-0.05, 0) is 36.6 Å². The Bertz CT molecular complexity index is 1090. The molecule has 3 aromatic rings. The van der Waals surface area contributed by atoms with E-state index in [1.165, 1.54) is 10.9 Å². The van der Waals surface area contributed by atoms with Gasteiger partial charge < -0.3 is 10.0 Å². The molecule has 0 atom stereocenters. The van der Waals surface area contributed by atoms with Crippen LogP contribution >= 0.6 is 23.2 Å². The highest BCUT2D eigenvalue weighted by atomic mass is 35.5. The smallest absolute Gasteiger partial charge is 0.314 e. The van der Waals surface area contributed by atoms with Gasteiger partial charge in [0.05, 0.1) is 27.9 Å². The van der Waals surface area contributed by atoms with Gasteiger partial charge in [0, 0.05) is 24.3 Å². The maximum absolute atomic E-state index is 13.0. The van der Waals surface area contributed by atoms with Crippen LogP contribution in [0.4, 0.5) is 0 Å². The van der Waals surface area contributed by atoms with Crippen molar-refractivity contribution >= 4 is 35.1 Å². The first kappa shape index (κ1) is 20.4. The van der Waals surface area contributed by atoms with E-state index < -0.39 is 11.4 Å². The number of aromatic nitrogens is 2. The van der Waals surface area contributed by atoms with Crippen LogP contribution in [-0.4, -0.2) is 44.8 Å². The van der Waals surface area contributed by atoms with Crippen molar-refractivity contribution in [3.05, 3.63) is 82.1 Å². The number of hydrogen-bond acceptors (Lipinski definition) is 3. The summed E-state index contributed by atoms with van der Waals surface area (Å²) >= 11 is 12.2. The lowest BCUT2D eigenvalue weighted by Gasteiger charge is -2.39. The first-order chi connectivity index (χ1) is 14.4. The zero-order valence-electron chi connectivity index (χ0n) is 16.0. The van der Waals surface area contributed by atoms with Crippen molar-refractivity contribution in [1.82, 2.24) is 14.7 Å². The van der Waals surface area contributed by atoms with E-state index in [9.17, 15) is 14.7 Å². The molecule has 0 spiro atoms. The van der Waals surface area contributed by atoms with Crippen molar-refractivity contribution in [2.24, 2.45) is 0 Å². The van der Waals surface area contributed by atoms with Crippen LogP contribution in [0.25, 0.3) is 5.69 Å². The van der Waals surface area contributed by atoms with Gasteiger partial charge in [-0.2, -0.15) is 5.10 Å². The Balaban J connectivity index is 1.51. The summed E-state index contributed by atoms with van der Waals surface area (Å²) in [5, 5.41) is 15.1. The highest BCUT2D eigenvalue weighted by molar-refractivity contribution is 6.35. The standard InChI is InChI=1S/C22H19Cl2N3O3/c23-17-6-7-19(18(24)12-17)27-14-15(13-25-27)20(28)26-10-8-22(9-11-26,21(29)30)16-4-2-1-3-5-16/h1-7,12-14H,8-11H2,(H,29,30). The molecule has 1 N–H and O–H groups in total. The fraction of sp³-hybridized carbons (Fsp3) is 0.227. The molecule has 30 heavy (non-hydrogen) atoms. The summed E-state index contributed by atoms with van der Waals surface area (Å²) in [4.78, 5) is 26.7. The van der Waals surface area contributed by atoms with Crippen LogP contribution in [0.5, 0.6) is 0 Å². The fourth-order valence-corrected chi connectivity index (χ4v) is 4.38. The zero-order chi connectivity index (χ0) is 21.3. The molecule has 0 radical (unpaired) electrons. The quantitative estimate of drug-likeness (QED) is 0.646. The normalized spacial score (nSPS) is 15.7. The van der Waals surface area contributed by atoms with Gasteiger partial charge in [-0.15, -0.1) is 0 Å². The van der Waals surface area contributed by atoms with Crippen molar-refractivity contribution in [2.75, 3.05) is 13.1 Å². The minimum atomic E-state index is -0.973. The summed E-state index contributed by atoms with van der Waals surface area (Å²) < 4.78 is 1.53. The molecule has 1 aromatic heterocycles. The minimum Gasteiger partial charge on any atom is -0.481 e. The molecular weight excluding hydrogens is 425 g/mol. The molecule has 1 aliphatic heterocycles. The summed E-state index contributed by atoms with van der Waals surface area (Å²) in [6.07, 6.45) is 3.82. The van der Waals surface area contributed by atoms with E-state index in [-0.39, 0.29) is 5.91 Å². The molecule has 0 aliphatic carbocycles. The number of aliphatic carboxylic acids is 1. The minimum absolute atomic E-state index is 0.182. The third-order valence-electron chi connectivity index (χ3n) is 5.63. The Labute approximate surface area is 183 Å². The van der Waals surface area contributed by atoms with Crippen LogP contribution in [0.3, 0.4) is 0 Å². The van der Waals surface area contributed by atoms with Crippen molar-refractivity contribution in [3.8, 4) is 5.69 Å². The third kappa shape index (κ3) is 3.68. The second-order valence-corrected chi connectivity index (χ2v) is 8.16. The fourth-order valence-electron chi connectivity index (χ4n) is 3.89. The van der Waals surface area contributed by atoms with Crippen molar-refractivity contribution in [1.29, 1.82) is 0 Å². The summed E-state index contributed by atoms with van der Waals surface area (Å²) in [5.74, 6) is -1.04. The molecule has 0 unspecified atom stereocenters. The summed E-state index contributed by atoms with van der Waals surface area (Å²) in [5.41, 5.74) is 0.838. The van der Waals surface area contributed by atoms with Crippen LogP contribution in [0.1, 0.15) is 28.8 Å². The molecule has 1 saturated heterocycles. The molecule has 8 heteroatoms. The lowest BCUT2D eigenvalue weighted by molar-refractivity contribution is -0.145. The van der Waals surface area contributed by atoms with Gasteiger partial charge in [0.1, 0.15) is 0 Å². The summed E-state index contributed by atoms with van der Waals surface area (Å²) in [6.45, 7) is 0.708. The second-order valence-electron chi connectivity index (χ2n) is 7.31. The van der Waals surface area contributed by atoms with Gasteiger partial charge in [-0.1, -0.05) is 53.5 Å². The lowest BCUT2D eigenvalue weighted by Crippen LogP contribution is -2.49. The molecule has 4 rings (SSSR count). The van der Waals surface area contributed by atoms with E-state index in [1.807, 2.05) is 30.3 Å². The lowest BCUT2D eigenvalue weighted by atomic mass is 9.73. The largest absolute Gasteiger partial charge is 0.481 e.